The molecule has 3 heterocycles. The molecule has 100 valence electrons. The molecule has 1 unspecified atom stereocenters. The average molecular weight is 259 g/mol. The first-order valence-corrected chi connectivity index (χ1v) is 6.72. The number of rotatable bonds is 3. The fourth-order valence-electron chi connectivity index (χ4n) is 2.50. The van der Waals surface area contributed by atoms with Gasteiger partial charge in [-0.2, -0.15) is 0 Å². The second-order valence-corrected chi connectivity index (χ2v) is 4.99. The van der Waals surface area contributed by atoms with Crippen molar-refractivity contribution in [3.05, 3.63) is 35.0 Å². The van der Waals surface area contributed by atoms with Crippen LogP contribution in [0.2, 0.25) is 0 Å². The van der Waals surface area contributed by atoms with Gasteiger partial charge in [0.2, 0.25) is 0 Å². The van der Waals surface area contributed by atoms with Gasteiger partial charge in [0.25, 0.3) is 5.56 Å². The first-order valence-electron chi connectivity index (χ1n) is 6.72. The van der Waals surface area contributed by atoms with E-state index in [1.807, 2.05) is 6.07 Å². The van der Waals surface area contributed by atoms with Crippen LogP contribution in [0, 0.1) is 5.92 Å². The molecular formula is C14H17N3O2. The highest BCUT2D eigenvalue weighted by atomic mass is 16.5. The predicted octanol–water partition coefficient (Wildman–Crippen LogP) is 1.61. The van der Waals surface area contributed by atoms with Crippen molar-refractivity contribution >= 4 is 11.0 Å². The first-order chi connectivity index (χ1) is 9.34. The second kappa shape index (κ2) is 5.48. The minimum absolute atomic E-state index is 0.0534. The van der Waals surface area contributed by atoms with Crippen molar-refractivity contribution in [1.29, 1.82) is 0 Å². The van der Waals surface area contributed by atoms with Gasteiger partial charge < -0.3 is 4.74 Å². The summed E-state index contributed by atoms with van der Waals surface area (Å²) in [6, 6.07) is 3.60. The maximum absolute atomic E-state index is 12.2. The van der Waals surface area contributed by atoms with Crippen LogP contribution in [-0.4, -0.2) is 27.7 Å². The van der Waals surface area contributed by atoms with Crippen molar-refractivity contribution in [2.24, 2.45) is 5.92 Å². The van der Waals surface area contributed by atoms with Gasteiger partial charge in [-0.05, 0) is 37.3 Å². The highest BCUT2D eigenvalue weighted by molar-refractivity contribution is 5.71. The molecule has 1 aliphatic rings. The molecule has 5 heteroatoms. The number of hydrogen-bond acceptors (Lipinski definition) is 4. The van der Waals surface area contributed by atoms with Crippen molar-refractivity contribution in [3.63, 3.8) is 0 Å². The summed E-state index contributed by atoms with van der Waals surface area (Å²) in [6.45, 7) is 2.37. The Hall–Kier alpha value is -1.75. The van der Waals surface area contributed by atoms with Crippen LogP contribution >= 0.6 is 0 Å². The lowest BCUT2D eigenvalue weighted by molar-refractivity contribution is 0.0499. The Labute approximate surface area is 111 Å². The zero-order chi connectivity index (χ0) is 13.1. The van der Waals surface area contributed by atoms with Gasteiger partial charge in [0, 0.05) is 26.0 Å². The molecule has 0 radical (unpaired) electrons. The van der Waals surface area contributed by atoms with E-state index < -0.39 is 0 Å². The van der Waals surface area contributed by atoms with Crippen molar-refractivity contribution < 1.29 is 4.74 Å². The fourth-order valence-corrected chi connectivity index (χ4v) is 2.50. The molecule has 0 N–H and O–H groups in total. The number of fused-ring (bicyclic) bond motifs is 1. The maximum atomic E-state index is 12.2. The average Bonchev–Trinajstić information content (AvgIpc) is 2.48. The number of hydrogen-bond donors (Lipinski definition) is 0. The van der Waals surface area contributed by atoms with Crippen LogP contribution in [0.4, 0.5) is 0 Å². The lowest BCUT2D eigenvalue weighted by atomic mass is 9.99. The quantitative estimate of drug-likeness (QED) is 0.840. The van der Waals surface area contributed by atoms with Gasteiger partial charge in [-0.1, -0.05) is 0 Å². The third-order valence-corrected chi connectivity index (χ3v) is 3.62. The van der Waals surface area contributed by atoms with Gasteiger partial charge in [0.05, 0.1) is 11.8 Å². The van der Waals surface area contributed by atoms with Gasteiger partial charge in [-0.25, -0.2) is 9.97 Å². The van der Waals surface area contributed by atoms with E-state index in [-0.39, 0.29) is 5.56 Å². The molecule has 0 aliphatic carbocycles. The Morgan fingerprint density at radius 2 is 2.37 bits per heavy atom. The van der Waals surface area contributed by atoms with Crippen LogP contribution in [0.1, 0.15) is 19.3 Å². The molecule has 3 rings (SSSR count). The molecule has 1 atom stereocenters. The molecule has 2 aromatic heterocycles. The summed E-state index contributed by atoms with van der Waals surface area (Å²) in [5.41, 5.74) is 1.05. The first kappa shape index (κ1) is 12.3. The normalized spacial score (nSPS) is 19.7. The van der Waals surface area contributed by atoms with Crippen LogP contribution in [0.5, 0.6) is 0 Å². The summed E-state index contributed by atoms with van der Waals surface area (Å²) in [4.78, 5) is 20.6. The number of nitrogens with zero attached hydrogens (tertiary/aromatic N) is 3. The van der Waals surface area contributed by atoms with Gasteiger partial charge in [-0.15, -0.1) is 0 Å². The molecule has 1 saturated heterocycles. The van der Waals surface area contributed by atoms with E-state index in [1.54, 1.807) is 23.2 Å². The Bertz CT molecular complexity index is 617. The molecule has 0 bridgehead atoms. The SMILES string of the molecule is O=c1c2ncccc2ncn1CCC1CCCOC1. The highest BCUT2D eigenvalue weighted by Crippen LogP contribution is 2.17. The third kappa shape index (κ3) is 2.66. The summed E-state index contributed by atoms with van der Waals surface area (Å²) in [6.07, 6.45) is 6.52. The van der Waals surface area contributed by atoms with Crippen LogP contribution in [0.25, 0.3) is 11.0 Å². The van der Waals surface area contributed by atoms with Crippen molar-refractivity contribution in [2.75, 3.05) is 13.2 Å². The van der Waals surface area contributed by atoms with Crippen LogP contribution < -0.4 is 5.56 Å². The monoisotopic (exact) mass is 259 g/mol. The van der Waals surface area contributed by atoms with E-state index in [9.17, 15) is 4.79 Å². The van der Waals surface area contributed by atoms with E-state index in [1.165, 1.54) is 6.42 Å². The lowest BCUT2D eigenvalue weighted by Gasteiger charge is -2.22. The van der Waals surface area contributed by atoms with E-state index in [0.717, 1.165) is 26.1 Å². The van der Waals surface area contributed by atoms with Crippen molar-refractivity contribution in [1.82, 2.24) is 14.5 Å². The summed E-state index contributed by atoms with van der Waals surface area (Å²) in [5.74, 6) is 0.556. The summed E-state index contributed by atoms with van der Waals surface area (Å²) in [7, 11) is 0. The maximum Gasteiger partial charge on any atom is 0.279 e. The molecule has 2 aromatic rings. The largest absolute Gasteiger partial charge is 0.381 e. The second-order valence-electron chi connectivity index (χ2n) is 4.99. The predicted molar refractivity (Wildman–Crippen MR) is 72.0 cm³/mol. The van der Waals surface area contributed by atoms with Crippen LogP contribution in [0.15, 0.2) is 29.5 Å². The van der Waals surface area contributed by atoms with Gasteiger partial charge >= 0.3 is 0 Å². The molecule has 1 fully saturated rings. The number of ether oxygens (including phenoxy) is 1. The Balaban J connectivity index is 1.77. The molecular weight excluding hydrogens is 242 g/mol. The topological polar surface area (TPSA) is 57.0 Å². The zero-order valence-corrected chi connectivity index (χ0v) is 10.8. The third-order valence-electron chi connectivity index (χ3n) is 3.62. The number of aromatic nitrogens is 3. The molecule has 5 nitrogen and oxygen atoms in total. The minimum atomic E-state index is -0.0534. The van der Waals surface area contributed by atoms with E-state index >= 15 is 0 Å². The van der Waals surface area contributed by atoms with E-state index in [0.29, 0.717) is 23.5 Å². The Morgan fingerprint density at radius 3 is 3.21 bits per heavy atom. The Morgan fingerprint density at radius 1 is 1.42 bits per heavy atom. The smallest absolute Gasteiger partial charge is 0.279 e. The summed E-state index contributed by atoms with van der Waals surface area (Å²) in [5, 5.41) is 0. The fraction of sp³-hybridized carbons (Fsp3) is 0.500. The van der Waals surface area contributed by atoms with Crippen molar-refractivity contribution in [3.8, 4) is 0 Å². The molecule has 0 spiro atoms. The molecule has 0 aromatic carbocycles. The minimum Gasteiger partial charge on any atom is -0.381 e. The lowest BCUT2D eigenvalue weighted by Crippen LogP contribution is -2.25. The number of pyridine rings is 1. The van der Waals surface area contributed by atoms with Gasteiger partial charge in [0.15, 0.2) is 5.52 Å². The van der Waals surface area contributed by atoms with E-state index in [2.05, 4.69) is 9.97 Å². The van der Waals surface area contributed by atoms with Crippen LogP contribution in [-0.2, 0) is 11.3 Å². The zero-order valence-electron chi connectivity index (χ0n) is 10.8. The van der Waals surface area contributed by atoms with Gasteiger partial charge in [0.1, 0.15) is 0 Å². The molecule has 1 aliphatic heterocycles. The van der Waals surface area contributed by atoms with Crippen LogP contribution in [0.3, 0.4) is 0 Å². The van der Waals surface area contributed by atoms with E-state index in [4.69, 9.17) is 4.74 Å². The molecule has 0 amide bonds. The molecule has 19 heavy (non-hydrogen) atoms. The summed E-state index contributed by atoms with van der Waals surface area (Å²) >= 11 is 0. The molecule has 0 saturated carbocycles. The van der Waals surface area contributed by atoms with Gasteiger partial charge in [-0.3, -0.25) is 9.36 Å². The van der Waals surface area contributed by atoms with Crippen molar-refractivity contribution in [2.45, 2.75) is 25.8 Å². The summed E-state index contributed by atoms with van der Waals surface area (Å²) < 4.78 is 7.11. The highest BCUT2D eigenvalue weighted by Gasteiger charge is 2.14. The number of aryl methyl sites for hydroxylation is 1. The Kier molecular flexibility index (Phi) is 3.55. The standard InChI is InChI=1S/C14H17N3O2/c18-14-13-12(4-1-6-15-13)16-10-17(14)7-5-11-3-2-8-19-9-11/h1,4,6,10-11H,2-3,5,7-9H2.